The fourth-order valence-electron chi connectivity index (χ4n) is 1.49. The molecule has 0 aromatic heterocycles. The van der Waals surface area contributed by atoms with Crippen molar-refractivity contribution < 1.29 is 9.47 Å². The topological polar surface area (TPSA) is 30.5 Å². The summed E-state index contributed by atoms with van der Waals surface area (Å²) >= 11 is 6.14. The minimum Gasteiger partial charge on any atom is -0.492 e. The monoisotopic (exact) mass is 257 g/mol. The highest BCUT2D eigenvalue weighted by Crippen LogP contribution is 2.28. The summed E-state index contributed by atoms with van der Waals surface area (Å²) in [6.45, 7) is 5.10. The van der Waals surface area contributed by atoms with Crippen molar-refractivity contribution in [1.82, 2.24) is 5.32 Å². The molecule has 0 fully saturated rings. The third kappa shape index (κ3) is 4.94. The summed E-state index contributed by atoms with van der Waals surface area (Å²) < 4.78 is 10.7. The number of hydrogen-bond donors (Lipinski definition) is 1. The molecule has 96 valence electrons. The Morgan fingerprint density at radius 2 is 2.12 bits per heavy atom. The van der Waals surface area contributed by atoms with Gasteiger partial charge in [0.1, 0.15) is 5.75 Å². The van der Waals surface area contributed by atoms with Gasteiger partial charge in [0.25, 0.3) is 0 Å². The van der Waals surface area contributed by atoms with Crippen molar-refractivity contribution in [3.05, 3.63) is 28.8 Å². The Kier molecular flexibility index (Phi) is 7.01. The van der Waals surface area contributed by atoms with Gasteiger partial charge in [0.05, 0.1) is 11.6 Å². The zero-order valence-corrected chi connectivity index (χ0v) is 11.2. The fraction of sp³-hybridized carbons (Fsp3) is 0.538. The van der Waals surface area contributed by atoms with E-state index in [9.17, 15) is 0 Å². The van der Waals surface area contributed by atoms with Gasteiger partial charge in [-0.1, -0.05) is 30.7 Å². The van der Waals surface area contributed by atoms with E-state index in [1.54, 1.807) is 7.11 Å². The van der Waals surface area contributed by atoms with E-state index >= 15 is 0 Å². The Labute approximate surface area is 108 Å². The van der Waals surface area contributed by atoms with Crippen molar-refractivity contribution in [2.75, 3.05) is 26.9 Å². The molecule has 0 bridgehead atoms. The molecule has 1 rings (SSSR count). The van der Waals surface area contributed by atoms with Crippen LogP contribution in [0, 0.1) is 0 Å². The molecule has 0 aliphatic carbocycles. The summed E-state index contributed by atoms with van der Waals surface area (Å²) in [4.78, 5) is 0. The third-order valence-electron chi connectivity index (χ3n) is 2.35. The average molecular weight is 258 g/mol. The van der Waals surface area contributed by atoms with Crippen molar-refractivity contribution in [3.63, 3.8) is 0 Å². The Hall–Kier alpha value is -0.770. The summed E-state index contributed by atoms with van der Waals surface area (Å²) in [7, 11) is 1.69. The summed E-state index contributed by atoms with van der Waals surface area (Å²) in [6, 6.07) is 5.82. The minimum absolute atomic E-state index is 0.622. The number of benzene rings is 1. The molecule has 0 aliphatic rings. The second-order valence-corrected chi connectivity index (χ2v) is 4.11. The molecule has 0 amide bonds. The van der Waals surface area contributed by atoms with Crippen LogP contribution in [0.5, 0.6) is 5.75 Å². The standard InChI is InChI=1S/C13H20ClNO2/c1-3-15-10-11-6-4-7-12(14)13(11)17-9-5-8-16-2/h4,6-7,15H,3,5,8-10H2,1-2H3. The first-order valence-corrected chi connectivity index (χ1v) is 6.27. The summed E-state index contributed by atoms with van der Waals surface area (Å²) in [5.41, 5.74) is 1.09. The highest BCUT2D eigenvalue weighted by Gasteiger charge is 2.07. The molecule has 4 heteroatoms. The predicted molar refractivity (Wildman–Crippen MR) is 70.8 cm³/mol. The summed E-state index contributed by atoms with van der Waals surface area (Å²) in [5.74, 6) is 0.784. The van der Waals surface area contributed by atoms with Crippen LogP contribution >= 0.6 is 11.6 Å². The molecule has 0 atom stereocenters. The Balaban J connectivity index is 2.60. The lowest BCUT2D eigenvalue weighted by molar-refractivity contribution is 0.172. The van der Waals surface area contributed by atoms with Gasteiger partial charge in [-0.15, -0.1) is 0 Å². The van der Waals surface area contributed by atoms with E-state index in [1.165, 1.54) is 0 Å². The van der Waals surface area contributed by atoms with Crippen LogP contribution in [-0.2, 0) is 11.3 Å². The van der Waals surface area contributed by atoms with Crippen molar-refractivity contribution >= 4 is 11.6 Å². The van der Waals surface area contributed by atoms with E-state index in [0.29, 0.717) is 18.2 Å². The van der Waals surface area contributed by atoms with Gasteiger partial charge < -0.3 is 14.8 Å². The first-order chi connectivity index (χ1) is 8.29. The van der Waals surface area contributed by atoms with E-state index < -0.39 is 0 Å². The molecule has 0 radical (unpaired) electrons. The Morgan fingerprint density at radius 1 is 1.29 bits per heavy atom. The highest BCUT2D eigenvalue weighted by molar-refractivity contribution is 6.32. The lowest BCUT2D eigenvalue weighted by Gasteiger charge is -2.13. The van der Waals surface area contributed by atoms with E-state index in [-0.39, 0.29) is 0 Å². The Morgan fingerprint density at radius 3 is 2.82 bits per heavy atom. The van der Waals surface area contributed by atoms with Gasteiger partial charge >= 0.3 is 0 Å². The molecule has 3 nitrogen and oxygen atoms in total. The third-order valence-corrected chi connectivity index (χ3v) is 2.65. The van der Waals surface area contributed by atoms with Crippen LogP contribution in [0.15, 0.2) is 18.2 Å². The number of nitrogens with one attached hydrogen (secondary N) is 1. The van der Waals surface area contributed by atoms with Gasteiger partial charge in [-0.05, 0) is 12.6 Å². The van der Waals surface area contributed by atoms with Gasteiger partial charge in [-0.25, -0.2) is 0 Å². The van der Waals surface area contributed by atoms with Crippen molar-refractivity contribution in [2.24, 2.45) is 0 Å². The highest BCUT2D eigenvalue weighted by atomic mass is 35.5. The average Bonchev–Trinajstić information content (AvgIpc) is 2.34. The number of rotatable bonds is 8. The molecule has 0 heterocycles. The van der Waals surface area contributed by atoms with Gasteiger partial charge in [-0.3, -0.25) is 0 Å². The number of methoxy groups -OCH3 is 1. The zero-order chi connectivity index (χ0) is 12.5. The molecule has 0 spiro atoms. The largest absolute Gasteiger partial charge is 0.492 e. The summed E-state index contributed by atoms with van der Waals surface area (Å²) in [5, 5.41) is 3.94. The maximum Gasteiger partial charge on any atom is 0.142 e. The van der Waals surface area contributed by atoms with Crippen LogP contribution < -0.4 is 10.1 Å². The predicted octanol–water partition coefficient (Wildman–Crippen LogP) is 2.86. The molecular formula is C13H20ClNO2. The Bertz CT molecular complexity index is 331. The molecule has 1 N–H and O–H groups in total. The second kappa shape index (κ2) is 8.34. The zero-order valence-electron chi connectivity index (χ0n) is 10.5. The van der Waals surface area contributed by atoms with Gasteiger partial charge in [0.2, 0.25) is 0 Å². The molecule has 1 aromatic rings. The second-order valence-electron chi connectivity index (χ2n) is 3.70. The number of halogens is 1. The first-order valence-electron chi connectivity index (χ1n) is 5.89. The molecule has 17 heavy (non-hydrogen) atoms. The normalized spacial score (nSPS) is 10.5. The van der Waals surface area contributed by atoms with Crippen LogP contribution in [0.1, 0.15) is 18.9 Å². The molecular weight excluding hydrogens is 238 g/mol. The number of hydrogen-bond acceptors (Lipinski definition) is 3. The molecule has 0 unspecified atom stereocenters. The lowest BCUT2D eigenvalue weighted by atomic mass is 10.2. The van der Waals surface area contributed by atoms with Crippen LogP contribution in [0.2, 0.25) is 5.02 Å². The minimum atomic E-state index is 0.622. The maximum atomic E-state index is 6.14. The van der Waals surface area contributed by atoms with E-state index in [2.05, 4.69) is 12.2 Å². The van der Waals surface area contributed by atoms with Gasteiger partial charge in [0, 0.05) is 32.2 Å². The fourth-order valence-corrected chi connectivity index (χ4v) is 1.74. The molecule has 0 saturated carbocycles. The lowest BCUT2D eigenvalue weighted by Crippen LogP contribution is -2.13. The smallest absolute Gasteiger partial charge is 0.142 e. The quantitative estimate of drug-likeness (QED) is 0.727. The maximum absolute atomic E-state index is 6.14. The molecule has 1 aromatic carbocycles. The van der Waals surface area contributed by atoms with Crippen LogP contribution in [0.25, 0.3) is 0 Å². The number of ether oxygens (including phenoxy) is 2. The van der Waals surface area contributed by atoms with Crippen molar-refractivity contribution in [2.45, 2.75) is 19.9 Å². The van der Waals surface area contributed by atoms with Gasteiger partial charge in [-0.2, -0.15) is 0 Å². The van der Waals surface area contributed by atoms with Crippen molar-refractivity contribution in [3.8, 4) is 5.75 Å². The van der Waals surface area contributed by atoms with Crippen molar-refractivity contribution in [1.29, 1.82) is 0 Å². The summed E-state index contributed by atoms with van der Waals surface area (Å²) in [6.07, 6.45) is 0.863. The van der Waals surface area contributed by atoms with E-state index in [4.69, 9.17) is 21.1 Å². The van der Waals surface area contributed by atoms with Crippen LogP contribution in [0.3, 0.4) is 0 Å². The van der Waals surface area contributed by atoms with E-state index in [1.807, 2.05) is 18.2 Å². The first kappa shape index (κ1) is 14.3. The van der Waals surface area contributed by atoms with Crippen LogP contribution in [-0.4, -0.2) is 26.9 Å². The molecule has 0 aliphatic heterocycles. The number of para-hydroxylation sites is 1. The van der Waals surface area contributed by atoms with Crippen LogP contribution in [0.4, 0.5) is 0 Å². The molecule has 0 saturated heterocycles. The SMILES string of the molecule is CCNCc1cccc(Cl)c1OCCCOC. The van der Waals surface area contributed by atoms with E-state index in [0.717, 1.165) is 30.8 Å². The van der Waals surface area contributed by atoms with Gasteiger partial charge in [0.15, 0.2) is 0 Å².